The minimum Gasteiger partial charge on any atom is -0.368 e. The van der Waals surface area contributed by atoms with Crippen molar-refractivity contribution >= 4 is 12.2 Å². The molecule has 4 heteroatoms. The second kappa shape index (κ2) is 2.30. The topological polar surface area (TPSA) is 56.2 Å². The van der Waals surface area contributed by atoms with E-state index in [4.69, 9.17) is 5.73 Å². The van der Waals surface area contributed by atoms with Crippen LogP contribution in [-0.2, 0) is 0 Å². The molecular weight excluding hydrogens is 116 g/mol. The number of hydrogen-bond donors (Lipinski definition) is 1. The van der Waals surface area contributed by atoms with Crippen LogP contribution < -0.4 is 5.73 Å². The molecule has 1 rings (SSSR count). The van der Waals surface area contributed by atoms with Gasteiger partial charge < -0.3 is 5.73 Å². The first-order valence-corrected chi connectivity index (χ1v) is 2.62. The zero-order chi connectivity index (χ0) is 6.69. The number of rotatable bonds is 1. The Hall–Kier alpha value is -1.32. The van der Waals surface area contributed by atoms with Crippen molar-refractivity contribution in [1.29, 1.82) is 0 Å². The third kappa shape index (κ3) is 1.07. The number of nitrogen functional groups attached to an aromatic ring is 1. The highest BCUT2D eigenvalue weighted by Gasteiger charge is 1.89. The van der Waals surface area contributed by atoms with Crippen molar-refractivity contribution in [3.05, 3.63) is 12.4 Å². The highest BCUT2D eigenvalue weighted by Crippen LogP contribution is 1.95. The summed E-state index contributed by atoms with van der Waals surface area (Å²) in [5, 5.41) is 3.87. The van der Waals surface area contributed by atoms with Crippen molar-refractivity contribution in [2.75, 3.05) is 5.73 Å². The van der Waals surface area contributed by atoms with Gasteiger partial charge in [0, 0.05) is 12.4 Å². The molecule has 0 saturated heterocycles. The van der Waals surface area contributed by atoms with E-state index >= 15 is 0 Å². The monoisotopic (exact) mass is 124 g/mol. The third-order valence-corrected chi connectivity index (χ3v) is 0.889. The van der Waals surface area contributed by atoms with Crippen molar-refractivity contribution < 1.29 is 0 Å². The van der Waals surface area contributed by atoms with Crippen LogP contribution >= 0.6 is 0 Å². The predicted octanol–water partition coefficient (Wildman–Crippen LogP) is 0.319. The molecule has 0 bridgehead atoms. The fourth-order valence-electron chi connectivity index (χ4n) is 0.530. The molecule has 1 aromatic heterocycles. The summed E-state index contributed by atoms with van der Waals surface area (Å²) in [5.41, 5.74) is 5.36. The Morgan fingerprint density at radius 2 is 2.67 bits per heavy atom. The van der Waals surface area contributed by atoms with Gasteiger partial charge in [-0.1, -0.05) is 0 Å². The van der Waals surface area contributed by atoms with Crippen LogP contribution in [0.25, 0.3) is 0 Å². The molecule has 4 nitrogen and oxygen atoms in total. The van der Waals surface area contributed by atoms with Crippen LogP contribution in [-0.4, -0.2) is 15.9 Å². The molecule has 0 amide bonds. The zero-order valence-electron chi connectivity index (χ0n) is 5.15. The number of nitrogens with two attached hydrogens (primary N) is 1. The van der Waals surface area contributed by atoms with Gasteiger partial charge >= 0.3 is 0 Å². The number of aromatic nitrogens is 2. The maximum atomic E-state index is 5.36. The Bertz CT molecular complexity index is 212. The number of anilines is 1. The van der Waals surface area contributed by atoms with Crippen molar-refractivity contribution in [2.45, 2.75) is 6.92 Å². The Labute approximate surface area is 53.0 Å². The fourth-order valence-corrected chi connectivity index (χ4v) is 0.530. The Morgan fingerprint density at radius 1 is 1.89 bits per heavy atom. The van der Waals surface area contributed by atoms with E-state index in [2.05, 4.69) is 10.1 Å². The zero-order valence-corrected chi connectivity index (χ0v) is 5.15. The van der Waals surface area contributed by atoms with Gasteiger partial charge in [0.05, 0.1) is 6.20 Å². The van der Waals surface area contributed by atoms with Crippen molar-refractivity contribution in [2.24, 2.45) is 5.10 Å². The molecule has 0 aromatic carbocycles. The van der Waals surface area contributed by atoms with Gasteiger partial charge in [-0.25, -0.2) is 9.66 Å². The van der Waals surface area contributed by atoms with E-state index in [1.165, 1.54) is 4.68 Å². The number of imidazole rings is 1. The van der Waals surface area contributed by atoms with E-state index in [0.717, 1.165) is 0 Å². The second-order valence-electron chi connectivity index (χ2n) is 1.50. The minimum atomic E-state index is 0.410. The van der Waals surface area contributed by atoms with Crippen molar-refractivity contribution in [3.63, 3.8) is 0 Å². The summed E-state index contributed by atoms with van der Waals surface area (Å²) in [6, 6.07) is 0. The lowest BCUT2D eigenvalue weighted by Crippen LogP contribution is -1.95. The summed E-state index contributed by atoms with van der Waals surface area (Å²) in [6.45, 7) is 1.82. The summed E-state index contributed by atoms with van der Waals surface area (Å²) < 4.78 is 1.50. The van der Waals surface area contributed by atoms with Crippen molar-refractivity contribution in [3.8, 4) is 0 Å². The molecule has 0 aliphatic rings. The summed E-state index contributed by atoms with van der Waals surface area (Å²) in [7, 11) is 0. The average molecular weight is 124 g/mol. The SMILES string of the molecule is CC=Nn1ccnc1N. The molecule has 0 saturated carbocycles. The molecule has 1 heterocycles. The smallest absolute Gasteiger partial charge is 0.221 e. The normalized spacial score (nSPS) is 10.8. The second-order valence-corrected chi connectivity index (χ2v) is 1.50. The van der Waals surface area contributed by atoms with Gasteiger partial charge in [0.15, 0.2) is 0 Å². The molecule has 0 aliphatic carbocycles. The number of hydrogen-bond acceptors (Lipinski definition) is 3. The first-order valence-electron chi connectivity index (χ1n) is 2.62. The van der Waals surface area contributed by atoms with E-state index < -0.39 is 0 Å². The van der Waals surface area contributed by atoms with Gasteiger partial charge in [0.1, 0.15) is 0 Å². The van der Waals surface area contributed by atoms with Crippen LogP contribution in [0.15, 0.2) is 17.5 Å². The van der Waals surface area contributed by atoms with Crippen LogP contribution in [0.3, 0.4) is 0 Å². The van der Waals surface area contributed by atoms with E-state index in [9.17, 15) is 0 Å². The van der Waals surface area contributed by atoms with E-state index in [1.54, 1.807) is 18.6 Å². The number of nitrogens with zero attached hydrogens (tertiary/aromatic N) is 3. The van der Waals surface area contributed by atoms with Crippen molar-refractivity contribution in [1.82, 2.24) is 9.66 Å². The maximum Gasteiger partial charge on any atom is 0.221 e. The van der Waals surface area contributed by atoms with Crippen LogP contribution in [0, 0.1) is 0 Å². The molecule has 2 N–H and O–H groups in total. The van der Waals surface area contributed by atoms with Crippen LogP contribution in [0.4, 0.5) is 5.95 Å². The Morgan fingerprint density at radius 3 is 3.11 bits per heavy atom. The summed E-state index contributed by atoms with van der Waals surface area (Å²) >= 11 is 0. The molecule has 0 aliphatic heterocycles. The highest BCUT2D eigenvalue weighted by atomic mass is 15.4. The van der Waals surface area contributed by atoms with Gasteiger partial charge in [-0.15, -0.1) is 0 Å². The molecule has 0 atom stereocenters. The van der Waals surface area contributed by atoms with Crippen LogP contribution in [0.2, 0.25) is 0 Å². The fraction of sp³-hybridized carbons (Fsp3) is 0.200. The molecule has 0 spiro atoms. The van der Waals surface area contributed by atoms with Gasteiger partial charge in [0.2, 0.25) is 5.95 Å². The molecule has 0 radical (unpaired) electrons. The largest absolute Gasteiger partial charge is 0.368 e. The summed E-state index contributed by atoms with van der Waals surface area (Å²) in [6.07, 6.45) is 4.94. The van der Waals surface area contributed by atoms with Gasteiger partial charge in [-0.3, -0.25) is 0 Å². The minimum absolute atomic E-state index is 0.410. The standard InChI is InChI=1S/C5H8N4/c1-2-8-9-4-3-7-5(9)6/h2-4H,1H3,(H2,6,7). The van der Waals surface area contributed by atoms with E-state index in [1.807, 2.05) is 6.92 Å². The first-order chi connectivity index (χ1) is 4.34. The molecule has 0 fully saturated rings. The Balaban J connectivity index is 2.94. The molecular formula is C5H8N4. The highest BCUT2D eigenvalue weighted by molar-refractivity contribution is 5.53. The van der Waals surface area contributed by atoms with Crippen LogP contribution in [0.1, 0.15) is 6.92 Å². The molecule has 9 heavy (non-hydrogen) atoms. The summed E-state index contributed by atoms with van der Waals surface area (Å²) in [5.74, 6) is 0.410. The lowest BCUT2D eigenvalue weighted by molar-refractivity contribution is 0.896. The van der Waals surface area contributed by atoms with E-state index in [-0.39, 0.29) is 0 Å². The molecule has 48 valence electrons. The maximum absolute atomic E-state index is 5.36. The molecule has 0 unspecified atom stereocenters. The first kappa shape index (κ1) is 5.81. The third-order valence-electron chi connectivity index (χ3n) is 0.889. The quantitative estimate of drug-likeness (QED) is 0.548. The van der Waals surface area contributed by atoms with Gasteiger partial charge in [-0.2, -0.15) is 5.10 Å². The Kier molecular flexibility index (Phi) is 1.48. The lowest BCUT2D eigenvalue weighted by atomic mass is 10.9. The van der Waals surface area contributed by atoms with Gasteiger partial charge in [-0.05, 0) is 6.92 Å². The summed E-state index contributed by atoms with van der Waals surface area (Å²) in [4.78, 5) is 3.76. The average Bonchev–Trinajstić information content (AvgIpc) is 2.18. The predicted molar refractivity (Wildman–Crippen MR) is 36.2 cm³/mol. The van der Waals surface area contributed by atoms with Crippen LogP contribution in [0.5, 0.6) is 0 Å². The lowest BCUT2D eigenvalue weighted by Gasteiger charge is -1.90. The van der Waals surface area contributed by atoms with Gasteiger partial charge in [0.25, 0.3) is 0 Å². The van der Waals surface area contributed by atoms with E-state index in [0.29, 0.717) is 5.95 Å². The molecule has 1 aromatic rings.